The molecule has 4 rings (SSSR count). The Hall–Kier alpha value is -3.75. The zero-order valence-corrected chi connectivity index (χ0v) is 24.5. The van der Waals surface area contributed by atoms with E-state index >= 15 is 4.39 Å². The van der Waals surface area contributed by atoms with Crippen LogP contribution in [0, 0.1) is 23.3 Å². The second kappa shape index (κ2) is 15.3. The van der Waals surface area contributed by atoms with Crippen molar-refractivity contribution < 1.29 is 40.2 Å². The van der Waals surface area contributed by atoms with E-state index in [1.165, 1.54) is 18.2 Å². The minimum atomic E-state index is -4.58. The normalized spacial score (nSPS) is 11.7. The zero-order chi connectivity index (χ0) is 31.7. The van der Waals surface area contributed by atoms with Gasteiger partial charge in [0.25, 0.3) is 0 Å². The van der Waals surface area contributed by atoms with Gasteiger partial charge in [0, 0.05) is 23.1 Å². The smallest absolute Gasteiger partial charge is 0.422 e. The van der Waals surface area contributed by atoms with Crippen molar-refractivity contribution in [3.8, 4) is 11.5 Å². The molecule has 2 nitrogen and oxygen atoms in total. The van der Waals surface area contributed by atoms with Crippen molar-refractivity contribution in [1.29, 1.82) is 0 Å². The predicted octanol–water partition coefficient (Wildman–Crippen LogP) is 10.3. The summed E-state index contributed by atoms with van der Waals surface area (Å²) in [5.74, 6) is -3.00. The fourth-order valence-corrected chi connectivity index (χ4v) is 5.06. The van der Waals surface area contributed by atoms with E-state index < -0.39 is 41.8 Å². The number of aryl methyl sites for hydroxylation is 3. The molecule has 0 aliphatic heterocycles. The van der Waals surface area contributed by atoms with Crippen LogP contribution >= 0.6 is 0 Å². The Morgan fingerprint density at radius 3 is 2.02 bits per heavy atom. The molecule has 0 heterocycles. The van der Waals surface area contributed by atoms with Crippen LogP contribution in [0.25, 0.3) is 10.8 Å². The molecule has 9 heteroatoms. The fourth-order valence-electron chi connectivity index (χ4n) is 5.06. The highest BCUT2D eigenvalue weighted by Crippen LogP contribution is 2.27. The summed E-state index contributed by atoms with van der Waals surface area (Å²) in [4.78, 5) is 0. The monoisotopic (exact) mass is 620 g/mol. The maximum atomic E-state index is 15.3. The minimum absolute atomic E-state index is 0.0293. The van der Waals surface area contributed by atoms with Gasteiger partial charge in [0.1, 0.15) is 23.2 Å². The second-order valence-electron chi connectivity index (χ2n) is 10.9. The molecule has 44 heavy (non-hydrogen) atoms. The molecule has 0 spiro atoms. The van der Waals surface area contributed by atoms with Crippen LogP contribution in [0.15, 0.2) is 60.7 Å². The number of halogens is 7. The van der Waals surface area contributed by atoms with Gasteiger partial charge in [0.2, 0.25) is 0 Å². The van der Waals surface area contributed by atoms with E-state index in [2.05, 4.69) is 11.7 Å². The third kappa shape index (κ3) is 9.37. The molecule has 0 N–H and O–H groups in total. The summed E-state index contributed by atoms with van der Waals surface area (Å²) >= 11 is 0. The largest absolute Gasteiger partial charge is 0.493 e. The molecule has 0 bridgehead atoms. The van der Waals surface area contributed by atoms with E-state index in [0.29, 0.717) is 34.9 Å². The molecule has 0 amide bonds. The van der Waals surface area contributed by atoms with Crippen LogP contribution in [0.5, 0.6) is 11.5 Å². The van der Waals surface area contributed by atoms with Gasteiger partial charge >= 0.3 is 6.18 Å². The van der Waals surface area contributed by atoms with E-state index in [9.17, 15) is 26.3 Å². The van der Waals surface area contributed by atoms with Gasteiger partial charge in [-0.05, 0) is 66.3 Å². The van der Waals surface area contributed by atoms with Gasteiger partial charge in [-0.2, -0.15) is 13.2 Å². The predicted molar refractivity (Wildman–Crippen MR) is 157 cm³/mol. The molecule has 0 radical (unpaired) electrons. The van der Waals surface area contributed by atoms with E-state index in [1.807, 2.05) is 0 Å². The highest BCUT2D eigenvalue weighted by molar-refractivity contribution is 5.84. The minimum Gasteiger partial charge on any atom is -0.493 e. The number of fused-ring (bicyclic) bond motifs is 1. The van der Waals surface area contributed by atoms with Crippen molar-refractivity contribution in [2.24, 2.45) is 0 Å². The van der Waals surface area contributed by atoms with Crippen molar-refractivity contribution in [1.82, 2.24) is 0 Å². The van der Waals surface area contributed by atoms with E-state index in [-0.39, 0.29) is 30.6 Å². The first-order chi connectivity index (χ1) is 21.0. The Balaban J connectivity index is 1.34. The number of hydrogen-bond donors (Lipinski definition) is 0. The number of benzene rings is 4. The van der Waals surface area contributed by atoms with Gasteiger partial charge in [0.05, 0.1) is 6.61 Å². The molecule has 0 saturated heterocycles. The molecular weight excluding hydrogens is 585 g/mol. The van der Waals surface area contributed by atoms with Crippen LogP contribution in [-0.4, -0.2) is 19.4 Å². The molecule has 0 saturated carbocycles. The van der Waals surface area contributed by atoms with Gasteiger partial charge in [-0.25, -0.2) is 17.6 Å². The Morgan fingerprint density at radius 1 is 0.636 bits per heavy atom. The first-order valence-electron chi connectivity index (χ1n) is 14.8. The van der Waals surface area contributed by atoms with Crippen LogP contribution in [0.1, 0.15) is 61.3 Å². The summed E-state index contributed by atoms with van der Waals surface area (Å²) < 4.78 is 106. The molecule has 0 aliphatic carbocycles. The summed E-state index contributed by atoms with van der Waals surface area (Å²) in [6.07, 6.45) is 1.63. The maximum absolute atomic E-state index is 15.3. The molecule has 4 aromatic carbocycles. The number of rotatable bonds is 15. The first-order valence-corrected chi connectivity index (χ1v) is 14.8. The average Bonchev–Trinajstić information content (AvgIpc) is 2.97. The lowest BCUT2D eigenvalue weighted by molar-refractivity contribution is -0.153. The van der Waals surface area contributed by atoms with E-state index in [4.69, 9.17) is 4.74 Å². The van der Waals surface area contributed by atoms with Crippen LogP contribution in [0.2, 0.25) is 0 Å². The standard InChI is InChI=1S/C35H35F7O2/c1-2-3-4-5-6-17-43-27-20-30(36)29(31(37)21-27)15-9-23-8-14-28-26(18-23)13-12-25(34(28)39)11-7-24-10-16-33(32(38)19-24)44-22-35(40,41)42/h8,10,12-14,16,18-21H,2-7,9,11,15,17,22H2,1H3. The van der Waals surface area contributed by atoms with Crippen LogP contribution in [-0.2, 0) is 25.7 Å². The van der Waals surface area contributed by atoms with Crippen molar-refractivity contribution in [3.05, 3.63) is 106 Å². The van der Waals surface area contributed by atoms with Gasteiger partial charge in [0.15, 0.2) is 18.2 Å². The Morgan fingerprint density at radius 2 is 1.32 bits per heavy atom. The molecule has 4 aromatic rings. The fraction of sp³-hybridized carbons (Fsp3) is 0.371. The number of unbranched alkanes of at least 4 members (excludes halogenated alkanes) is 4. The summed E-state index contributed by atoms with van der Waals surface area (Å²) in [5, 5.41) is 1.01. The Kier molecular flexibility index (Phi) is 11.5. The van der Waals surface area contributed by atoms with E-state index in [1.54, 1.807) is 30.3 Å². The highest BCUT2D eigenvalue weighted by atomic mass is 19.4. The summed E-state index contributed by atoms with van der Waals surface area (Å²) in [6, 6.07) is 14.6. The summed E-state index contributed by atoms with van der Waals surface area (Å²) in [7, 11) is 0. The lowest BCUT2D eigenvalue weighted by Crippen LogP contribution is -2.19. The first kappa shape index (κ1) is 33.1. The Bertz CT molecular complexity index is 1530. The van der Waals surface area contributed by atoms with Gasteiger partial charge in [-0.1, -0.05) is 69.0 Å². The maximum Gasteiger partial charge on any atom is 0.422 e. The van der Waals surface area contributed by atoms with Crippen molar-refractivity contribution in [3.63, 3.8) is 0 Å². The average molecular weight is 621 g/mol. The molecule has 0 fully saturated rings. The van der Waals surface area contributed by atoms with Crippen molar-refractivity contribution in [2.45, 2.75) is 70.9 Å². The number of hydrogen-bond acceptors (Lipinski definition) is 2. The summed E-state index contributed by atoms with van der Waals surface area (Å²) in [6.45, 7) is 0.947. The molecule has 0 atom stereocenters. The van der Waals surface area contributed by atoms with Gasteiger partial charge < -0.3 is 9.47 Å². The van der Waals surface area contributed by atoms with Crippen LogP contribution in [0.3, 0.4) is 0 Å². The van der Waals surface area contributed by atoms with Crippen molar-refractivity contribution in [2.75, 3.05) is 13.2 Å². The number of alkyl halides is 3. The van der Waals surface area contributed by atoms with Gasteiger partial charge in [-0.15, -0.1) is 0 Å². The second-order valence-corrected chi connectivity index (χ2v) is 10.9. The lowest BCUT2D eigenvalue weighted by Gasteiger charge is -2.12. The molecular formula is C35H35F7O2. The lowest BCUT2D eigenvalue weighted by atomic mass is 9.97. The molecule has 0 aromatic heterocycles. The van der Waals surface area contributed by atoms with E-state index in [0.717, 1.165) is 49.8 Å². The van der Waals surface area contributed by atoms with Crippen LogP contribution < -0.4 is 9.47 Å². The molecule has 0 aliphatic rings. The number of ether oxygens (including phenoxy) is 2. The third-order valence-electron chi connectivity index (χ3n) is 7.46. The van der Waals surface area contributed by atoms with Crippen molar-refractivity contribution >= 4 is 10.8 Å². The topological polar surface area (TPSA) is 18.5 Å². The zero-order valence-electron chi connectivity index (χ0n) is 24.5. The molecule has 0 unspecified atom stereocenters. The molecule has 236 valence electrons. The third-order valence-corrected chi connectivity index (χ3v) is 7.46. The summed E-state index contributed by atoms with van der Waals surface area (Å²) in [5.41, 5.74) is 1.64. The van der Waals surface area contributed by atoms with Gasteiger partial charge in [-0.3, -0.25) is 0 Å². The van der Waals surface area contributed by atoms with Crippen LogP contribution in [0.4, 0.5) is 30.7 Å². The quantitative estimate of drug-likeness (QED) is 0.0973. The highest BCUT2D eigenvalue weighted by Gasteiger charge is 2.29. The SMILES string of the molecule is CCCCCCCOc1cc(F)c(CCc2ccc3c(F)c(CCc4ccc(OCC(F)(F)F)c(F)c4)ccc3c2)c(F)c1. The Labute approximate surface area is 252 Å².